The van der Waals surface area contributed by atoms with Crippen LogP contribution in [0.3, 0.4) is 0 Å². The third kappa shape index (κ3) is 5.74. The van der Waals surface area contributed by atoms with Gasteiger partial charge in [-0.1, -0.05) is 30.4 Å². The number of nitrogens with one attached hydrogen (secondary N) is 1. The van der Waals surface area contributed by atoms with Gasteiger partial charge in [0.05, 0.1) is 12.5 Å². The molecule has 8 heteroatoms. The largest absolute Gasteiger partial charge is 0.475 e. The van der Waals surface area contributed by atoms with Crippen LogP contribution in [-0.2, 0) is 9.53 Å². The first-order valence-corrected chi connectivity index (χ1v) is 8.95. The van der Waals surface area contributed by atoms with E-state index >= 15 is 0 Å². The molecule has 0 aromatic carbocycles. The van der Waals surface area contributed by atoms with Crippen molar-refractivity contribution in [2.24, 2.45) is 0 Å². The topological polar surface area (TPSA) is 99.1 Å². The number of amides is 2. The second-order valence-corrected chi connectivity index (χ2v) is 7.03. The van der Waals surface area contributed by atoms with Gasteiger partial charge in [-0.15, -0.1) is 0 Å². The molecule has 7 nitrogen and oxygen atoms in total. The zero-order valence-electron chi connectivity index (χ0n) is 15.2. The minimum atomic E-state index is -1.70. The fourth-order valence-electron chi connectivity index (χ4n) is 3.31. The van der Waals surface area contributed by atoms with Crippen molar-refractivity contribution < 1.29 is 24.4 Å². The standard InChI is InChI=1S/C18H27BN2O5/c1-3-16(22)21-11-7-10-18(2,13-21)26-17(23)20-15(19(24)25)12-14-8-5-4-6-9-14/h3,5,8-9,15,24-25H,1,4,6-7,10-13H2,2H3,(H,20,23). The lowest BCUT2D eigenvalue weighted by Crippen LogP contribution is -2.54. The SMILES string of the molecule is C=CC(=O)N1CCCC(C)(OC(=O)NC(CC2=CCCC=C2)B(O)O)C1. The summed E-state index contributed by atoms with van der Waals surface area (Å²) in [4.78, 5) is 25.7. The van der Waals surface area contributed by atoms with Gasteiger partial charge in [0.1, 0.15) is 5.60 Å². The average Bonchev–Trinajstić information content (AvgIpc) is 2.60. The number of ether oxygens (including phenoxy) is 1. The number of likely N-dealkylation sites (tertiary alicyclic amines) is 1. The quantitative estimate of drug-likeness (QED) is 0.489. The van der Waals surface area contributed by atoms with Gasteiger partial charge in [-0.25, -0.2) is 4.79 Å². The van der Waals surface area contributed by atoms with Crippen molar-refractivity contribution in [1.29, 1.82) is 0 Å². The third-order valence-electron chi connectivity index (χ3n) is 4.67. The van der Waals surface area contributed by atoms with Crippen molar-refractivity contribution in [2.75, 3.05) is 13.1 Å². The first-order valence-electron chi connectivity index (χ1n) is 8.95. The predicted molar refractivity (Wildman–Crippen MR) is 99.1 cm³/mol. The maximum atomic E-state index is 12.3. The Morgan fingerprint density at radius 2 is 2.27 bits per heavy atom. The molecule has 1 heterocycles. The maximum Gasteiger partial charge on any atom is 0.475 e. The van der Waals surface area contributed by atoms with E-state index in [1.165, 1.54) is 6.08 Å². The highest BCUT2D eigenvalue weighted by Crippen LogP contribution is 2.25. The number of rotatable bonds is 6. The van der Waals surface area contributed by atoms with E-state index in [9.17, 15) is 19.6 Å². The summed E-state index contributed by atoms with van der Waals surface area (Å²) >= 11 is 0. The lowest BCUT2D eigenvalue weighted by molar-refractivity contribution is -0.132. The molecule has 0 aromatic heterocycles. The number of nitrogens with zero attached hydrogens (tertiary/aromatic N) is 1. The van der Waals surface area contributed by atoms with Crippen LogP contribution in [-0.4, -0.2) is 58.7 Å². The molecule has 3 N–H and O–H groups in total. The zero-order valence-corrected chi connectivity index (χ0v) is 15.2. The summed E-state index contributed by atoms with van der Waals surface area (Å²) in [5.41, 5.74) is 0.122. The summed E-state index contributed by atoms with van der Waals surface area (Å²) in [6, 6.07) is 0. The Labute approximate surface area is 154 Å². The molecular formula is C18H27BN2O5. The van der Waals surface area contributed by atoms with E-state index in [-0.39, 0.29) is 12.5 Å². The molecular weight excluding hydrogens is 335 g/mol. The van der Waals surface area contributed by atoms with Gasteiger partial charge in [0.25, 0.3) is 0 Å². The summed E-state index contributed by atoms with van der Waals surface area (Å²) in [6.45, 7) is 6.14. The molecule has 26 heavy (non-hydrogen) atoms. The molecule has 2 atom stereocenters. The Morgan fingerprint density at radius 3 is 2.88 bits per heavy atom. The molecule has 2 aliphatic rings. The minimum Gasteiger partial charge on any atom is -0.441 e. The van der Waals surface area contributed by atoms with Crippen LogP contribution in [0.25, 0.3) is 0 Å². The van der Waals surface area contributed by atoms with Crippen LogP contribution in [0.2, 0.25) is 0 Å². The van der Waals surface area contributed by atoms with E-state index in [0.717, 1.165) is 18.4 Å². The van der Waals surface area contributed by atoms with Crippen LogP contribution in [0.15, 0.2) is 36.5 Å². The lowest BCUT2D eigenvalue weighted by atomic mass is 9.75. The van der Waals surface area contributed by atoms with Crippen molar-refractivity contribution in [2.45, 2.75) is 50.6 Å². The number of hydrogen-bond acceptors (Lipinski definition) is 5. The molecule has 0 aromatic rings. The third-order valence-corrected chi connectivity index (χ3v) is 4.67. The van der Waals surface area contributed by atoms with E-state index < -0.39 is 24.8 Å². The lowest BCUT2D eigenvalue weighted by Gasteiger charge is -2.39. The molecule has 0 spiro atoms. The van der Waals surface area contributed by atoms with E-state index in [0.29, 0.717) is 25.8 Å². The molecule has 2 rings (SSSR count). The van der Waals surface area contributed by atoms with Crippen LogP contribution < -0.4 is 5.32 Å². The molecule has 1 fully saturated rings. The minimum absolute atomic E-state index is 0.195. The molecule has 0 radical (unpaired) electrons. The molecule has 0 saturated carbocycles. The highest BCUT2D eigenvalue weighted by atomic mass is 16.6. The highest BCUT2D eigenvalue weighted by Gasteiger charge is 2.37. The van der Waals surface area contributed by atoms with Crippen molar-refractivity contribution in [3.63, 3.8) is 0 Å². The van der Waals surface area contributed by atoms with Gasteiger partial charge >= 0.3 is 13.2 Å². The summed E-state index contributed by atoms with van der Waals surface area (Å²) < 4.78 is 5.54. The molecule has 2 amide bonds. The number of alkyl carbamates (subject to hydrolysis) is 1. The number of hydrogen-bond donors (Lipinski definition) is 3. The van der Waals surface area contributed by atoms with Crippen molar-refractivity contribution in [3.8, 4) is 0 Å². The van der Waals surface area contributed by atoms with Gasteiger partial charge in [-0.2, -0.15) is 0 Å². The predicted octanol–water partition coefficient (Wildman–Crippen LogP) is 1.33. The second-order valence-electron chi connectivity index (χ2n) is 7.03. The first kappa shape index (κ1) is 20.3. The van der Waals surface area contributed by atoms with Crippen LogP contribution in [0.1, 0.15) is 39.0 Å². The second kappa shape index (κ2) is 9.05. The summed E-state index contributed by atoms with van der Waals surface area (Å²) in [7, 11) is -1.70. The molecule has 1 saturated heterocycles. The van der Waals surface area contributed by atoms with Gasteiger partial charge < -0.3 is 25.0 Å². The number of piperidine rings is 1. The van der Waals surface area contributed by atoms with Crippen LogP contribution >= 0.6 is 0 Å². The molecule has 1 aliphatic heterocycles. The Balaban J connectivity index is 1.94. The van der Waals surface area contributed by atoms with E-state index in [1.54, 1.807) is 11.8 Å². The van der Waals surface area contributed by atoms with Crippen molar-refractivity contribution >= 4 is 19.1 Å². The number of allylic oxidation sites excluding steroid dienone is 3. The molecule has 142 valence electrons. The van der Waals surface area contributed by atoms with Crippen LogP contribution in [0.5, 0.6) is 0 Å². The highest BCUT2D eigenvalue weighted by molar-refractivity contribution is 6.43. The van der Waals surface area contributed by atoms with E-state index in [4.69, 9.17) is 4.74 Å². The smallest absolute Gasteiger partial charge is 0.441 e. The fourth-order valence-corrected chi connectivity index (χ4v) is 3.31. The summed E-state index contributed by atoms with van der Waals surface area (Å²) in [5.74, 6) is -1.06. The van der Waals surface area contributed by atoms with Crippen molar-refractivity contribution in [1.82, 2.24) is 10.2 Å². The summed E-state index contributed by atoms with van der Waals surface area (Å²) in [6.07, 6.45) is 9.99. The van der Waals surface area contributed by atoms with Crippen LogP contribution in [0.4, 0.5) is 4.79 Å². The summed E-state index contributed by atoms with van der Waals surface area (Å²) in [5, 5.41) is 21.7. The first-order chi connectivity index (χ1) is 12.3. The maximum absolute atomic E-state index is 12.3. The van der Waals surface area contributed by atoms with Gasteiger partial charge in [-0.05, 0) is 45.1 Å². The van der Waals surface area contributed by atoms with Gasteiger partial charge in [0.15, 0.2) is 0 Å². The van der Waals surface area contributed by atoms with Crippen molar-refractivity contribution in [3.05, 3.63) is 36.5 Å². The van der Waals surface area contributed by atoms with Gasteiger partial charge in [0, 0.05) is 6.54 Å². The van der Waals surface area contributed by atoms with E-state index in [2.05, 4.69) is 11.9 Å². The Kier molecular flexibility index (Phi) is 7.05. The number of carbonyl (C=O) groups excluding carboxylic acids is 2. The Morgan fingerprint density at radius 1 is 1.50 bits per heavy atom. The van der Waals surface area contributed by atoms with Crippen LogP contribution in [0, 0.1) is 0 Å². The Bertz CT molecular complexity index is 604. The van der Waals surface area contributed by atoms with E-state index in [1.807, 2.05) is 18.2 Å². The Hall–Kier alpha value is -2.06. The monoisotopic (exact) mass is 362 g/mol. The normalized spacial score (nSPS) is 23.7. The fraction of sp³-hybridized carbons (Fsp3) is 0.556. The van der Waals surface area contributed by atoms with Gasteiger partial charge in [-0.3, -0.25) is 4.79 Å². The van der Waals surface area contributed by atoms with Gasteiger partial charge in [0.2, 0.25) is 5.91 Å². The zero-order chi connectivity index (χ0) is 19.2. The molecule has 1 aliphatic carbocycles. The number of carbonyl (C=O) groups is 2. The molecule has 0 bridgehead atoms. The molecule has 2 unspecified atom stereocenters. The average molecular weight is 362 g/mol.